The number of furan rings is 1. The highest BCUT2D eigenvalue weighted by molar-refractivity contribution is 6.42. The second-order valence-corrected chi connectivity index (χ2v) is 6.59. The molecular formula is C17H19Cl2N2O2+. The van der Waals surface area contributed by atoms with Gasteiger partial charge < -0.3 is 14.6 Å². The molecule has 1 fully saturated rings. The number of hydrogen-bond donors (Lipinski definition) is 2. The first-order valence-corrected chi connectivity index (χ1v) is 8.52. The number of amides is 1. The van der Waals surface area contributed by atoms with Gasteiger partial charge in [0.05, 0.1) is 35.9 Å². The van der Waals surface area contributed by atoms with E-state index in [0.29, 0.717) is 22.2 Å². The molecule has 0 bridgehead atoms. The van der Waals surface area contributed by atoms with Gasteiger partial charge in [0.1, 0.15) is 0 Å². The minimum atomic E-state index is -0.154. The highest BCUT2D eigenvalue weighted by Gasteiger charge is 2.29. The van der Waals surface area contributed by atoms with Gasteiger partial charge >= 0.3 is 0 Å². The summed E-state index contributed by atoms with van der Waals surface area (Å²) in [6.07, 6.45) is 4.11. The number of hydrogen-bond acceptors (Lipinski definition) is 2. The third-order valence-electron chi connectivity index (χ3n) is 4.27. The van der Waals surface area contributed by atoms with Crippen molar-refractivity contribution in [3.05, 3.63) is 58.0 Å². The SMILES string of the molecule is O=C(NC[C@@H](c1ccco1)[NH+]1CCCC1)c1ccc(Cl)c(Cl)c1. The van der Waals surface area contributed by atoms with Crippen LogP contribution in [-0.4, -0.2) is 25.5 Å². The molecule has 1 atom stereocenters. The zero-order valence-electron chi connectivity index (χ0n) is 12.6. The monoisotopic (exact) mass is 353 g/mol. The number of carbonyl (C=O) groups excluding carboxylic acids is 1. The molecule has 2 N–H and O–H groups in total. The summed E-state index contributed by atoms with van der Waals surface area (Å²) in [4.78, 5) is 13.8. The molecule has 0 unspecified atom stereocenters. The molecule has 0 aliphatic carbocycles. The first kappa shape index (κ1) is 16.4. The van der Waals surface area contributed by atoms with Crippen LogP contribution in [0, 0.1) is 0 Å². The molecule has 122 valence electrons. The van der Waals surface area contributed by atoms with Crippen LogP contribution in [0.1, 0.15) is 35.0 Å². The third-order valence-corrected chi connectivity index (χ3v) is 5.01. The summed E-state index contributed by atoms with van der Waals surface area (Å²) < 4.78 is 5.57. The van der Waals surface area contributed by atoms with Crippen LogP contribution in [0.5, 0.6) is 0 Å². The summed E-state index contributed by atoms with van der Waals surface area (Å²) >= 11 is 11.9. The fourth-order valence-electron chi connectivity index (χ4n) is 3.05. The minimum absolute atomic E-state index is 0.138. The Bertz CT molecular complexity index is 667. The maximum atomic E-state index is 12.3. The van der Waals surface area contributed by atoms with Gasteiger partial charge in [-0.2, -0.15) is 0 Å². The van der Waals surface area contributed by atoms with Gasteiger partial charge in [-0.15, -0.1) is 0 Å². The zero-order valence-corrected chi connectivity index (χ0v) is 14.2. The molecule has 3 rings (SSSR count). The van der Waals surface area contributed by atoms with Crippen molar-refractivity contribution < 1.29 is 14.1 Å². The number of rotatable bonds is 5. The van der Waals surface area contributed by atoms with E-state index < -0.39 is 0 Å². The van der Waals surface area contributed by atoms with E-state index in [2.05, 4.69) is 5.32 Å². The average molecular weight is 354 g/mol. The second kappa shape index (κ2) is 7.39. The number of nitrogens with one attached hydrogen (secondary N) is 2. The van der Waals surface area contributed by atoms with Gasteiger partial charge in [0.25, 0.3) is 5.91 Å². The molecular weight excluding hydrogens is 335 g/mol. The predicted octanol–water partition coefficient (Wildman–Crippen LogP) is 2.74. The molecule has 1 aromatic heterocycles. The Morgan fingerprint density at radius 2 is 2.00 bits per heavy atom. The van der Waals surface area contributed by atoms with E-state index in [1.165, 1.54) is 17.7 Å². The van der Waals surface area contributed by atoms with Crippen molar-refractivity contribution in [3.8, 4) is 0 Å². The van der Waals surface area contributed by atoms with Gasteiger partial charge in [0.2, 0.25) is 0 Å². The largest absolute Gasteiger partial charge is 0.463 e. The van der Waals surface area contributed by atoms with Crippen LogP contribution in [0.4, 0.5) is 0 Å². The van der Waals surface area contributed by atoms with Gasteiger partial charge in [-0.05, 0) is 30.3 Å². The molecule has 23 heavy (non-hydrogen) atoms. The lowest BCUT2D eigenvalue weighted by Gasteiger charge is -2.23. The van der Waals surface area contributed by atoms with E-state index in [-0.39, 0.29) is 11.9 Å². The molecule has 6 heteroatoms. The lowest BCUT2D eigenvalue weighted by molar-refractivity contribution is -0.919. The van der Waals surface area contributed by atoms with Crippen LogP contribution in [-0.2, 0) is 0 Å². The van der Waals surface area contributed by atoms with Gasteiger partial charge in [-0.25, -0.2) is 0 Å². The van der Waals surface area contributed by atoms with E-state index >= 15 is 0 Å². The van der Waals surface area contributed by atoms with Crippen molar-refractivity contribution in [2.45, 2.75) is 18.9 Å². The summed E-state index contributed by atoms with van der Waals surface area (Å²) in [6.45, 7) is 2.74. The smallest absolute Gasteiger partial charge is 0.251 e. The Kier molecular flexibility index (Phi) is 5.26. The lowest BCUT2D eigenvalue weighted by Crippen LogP contribution is -3.11. The number of quaternary nitrogens is 1. The number of halogens is 2. The maximum Gasteiger partial charge on any atom is 0.251 e. The van der Waals surface area contributed by atoms with Crippen molar-refractivity contribution in [3.63, 3.8) is 0 Å². The molecule has 4 nitrogen and oxygen atoms in total. The maximum absolute atomic E-state index is 12.3. The summed E-state index contributed by atoms with van der Waals surface area (Å²) in [5.41, 5.74) is 0.508. The van der Waals surface area contributed by atoms with E-state index in [0.717, 1.165) is 18.8 Å². The molecule has 2 heterocycles. The normalized spacial score (nSPS) is 16.4. The molecule has 1 aliphatic heterocycles. The molecule has 2 aromatic rings. The van der Waals surface area contributed by atoms with E-state index in [1.807, 2.05) is 12.1 Å². The highest BCUT2D eigenvalue weighted by atomic mass is 35.5. The van der Waals surface area contributed by atoms with Crippen molar-refractivity contribution in [2.24, 2.45) is 0 Å². The summed E-state index contributed by atoms with van der Waals surface area (Å²) in [7, 11) is 0. The molecule has 1 aromatic carbocycles. The van der Waals surface area contributed by atoms with Crippen LogP contribution >= 0.6 is 23.2 Å². The first-order valence-electron chi connectivity index (χ1n) is 7.76. The third kappa shape index (κ3) is 3.89. The summed E-state index contributed by atoms with van der Waals surface area (Å²) in [6, 6.07) is 8.89. The van der Waals surface area contributed by atoms with Crippen molar-refractivity contribution >= 4 is 29.1 Å². The molecule has 1 saturated heterocycles. The van der Waals surface area contributed by atoms with Crippen LogP contribution < -0.4 is 10.2 Å². The number of benzene rings is 1. The Hall–Kier alpha value is -1.49. The summed E-state index contributed by atoms with van der Waals surface area (Å²) in [5, 5.41) is 3.81. The van der Waals surface area contributed by atoms with E-state index in [9.17, 15) is 4.79 Å². The van der Waals surface area contributed by atoms with E-state index in [4.69, 9.17) is 27.6 Å². The Balaban J connectivity index is 1.68. The van der Waals surface area contributed by atoms with Gasteiger partial charge in [0, 0.05) is 18.4 Å². The van der Waals surface area contributed by atoms with Crippen LogP contribution in [0.25, 0.3) is 0 Å². The highest BCUT2D eigenvalue weighted by Crippen LogP contribution is 2.22. The predicted molar refractivity (Wildman–Crippen MR) is 90.2 cm³/mol. The van der Waals surface area contributed by atoms with Crippen LogP contribution in [0.2, 0.25) is 10.0 Å². The molecule has 1 aliphatic rings. The van der Waals surface area contributed by atoms with Crippen LogP contribution in [0.15, 0.2) is 41.0 Å². The van der Waals surface area contributed by atoms with Gasteiger partial charge in [0.15, 0.2) is 11.8 Å². The van der Waals surface area contributed by atoms with Crippen molar-refractivity contribution in [2.75, 3.05) is 19.6 Å². The van der Waals surface area contributed by atoms with Gasteiger partial charge in [-0.3, -0.25) is 4.79 Å². The fourth-order valence-corrected chi connectivity index (χ4v) is 3.35. The van der Waals surface area contributed by atoms with Crippen LogP contribution in [0.3, 0.4) is 0 Å². The molecule has 0 radical (unpaired) electrons. The Morgan fingerprint density at radius 3 is 2.65 bits per heavy atom. The average Bonchev–Trinajstić information content (AvgIpc) is 3.24. The Morgan fingerprint density at radius 1 is 1.22 bits per heavy atom. The Labute approximate surface area is 145 Å². The molecule has 0 spiro atoms. The number of likely N-dealkylation sites (tertiary alicyclic amines) is 1. The van der Waals surface area contributed by atoms with E-state index in [1.54, 1.807) is 24.5 Å². The molecule has 1 amide bonds. The second-order valence-electron chi connectivity index (χ2n) is 5.77. The standard InChI is InChI=1S/C17H18Cl2N2O2/c18-13-6-5-12(10-14(13)19)17(22)20-11-15(16-4-3-9-23-16)21-7-1-2-8-21/h3-6,9-10,15H,1-2,7-8,11H2,(H,20,22)/p+1/t15-/m0/s1. The fraction of sp³-hybridized carbons (Fsp3) is 0.353. The number of carbonyl (C=O) groups is 1. The zero-order chi connectivity index (χ0) is 16.2. The lowest BCUT2D eigenvalue weighted by atomic mass is 10.1. The topological polar surface area (TPSA) is 46.7 Å². The van der Waals surface area contributed by atoms with Crippen molar-refractivity contribution in [1.29, 1.82) is 0 Å². The van der Waals surface area contributed by atoms with Crippen molar-refractivity contribution in [1.82, 2.24) is 5.32 Å². The molecule has 0 saturated carbocycles. The summed E-state index contributed by atoms with van der Waals surface area (Å²) in [5.74, 6) is 0.759. The quantitative estimate of drug-likeness (QED) is 0.867. The minimum Gasteiger partial charge on any atom is -0.463 e. The first-order chi connectivity index (χ1) is 11.1. The van der Waals surface area contributed by atoms with Gasteiger partial charge in [-0.1, -0.05) is 23.2 Å².